The lowest BCUT2D eigenvalue weighted by Crippen LogP contribution is -2.14. The van der Waals surface area contributed by atoms with Crippen LogP contribution in [0.2, 0.25) is 5.02 Å². The van der Waals surface area contributed by atoms with E-state index >= 15 is 0 Å². The molecule has 0 saturated heterocycles. The molecule has 0 spiro atoms. The van der Waals surface area contributed by atoms with E-state index in [1.165, 1.54) is 0 Å². The van der Waals surface area contributed by atoms with Crippen molar-refractivity contribution in [1.82, 2.24) is 4.98 Å². The quantitative estimate of drug-likeness (QED) is 0.866. The van der Waals surface area contributed by atoms with Gasteiger partial charge in [0.25, 0.3) is 0 Å². The highest BCUT2D eigenvalue weighted by molar-refractivity contribution is 9.10. The van der Waals surface area contributed by atoms with Crippen molar-refractivity contribution in [3.05, 3.63) is 32.9 Å². The Hall–Kier alpha value is -0.840. The van der Waals surface area contributed by atoms with Crippen LogP contribution in [0.1, 0.15) is 11.3 Å². The number of hydrogen-bond acceptors (Lipinski definition) is 3. The van der Waals surface area contributed by atoms with Crippen molar-refractivity contribution in [1.29, 1.82) is 0 Å². The van der Waals surface area contributed by atoms with Crippen molar-refractivity contribution in [2.45, 2.75) is 13.0 Å². The second-order valence-electron chi connectivity index (χ2n) is 4.25. The van der Waals surface area contributed by atoms with Crippen molar-refractivity contribution in [3.63, 3.8) is 0 Å². The zero-order chi connectivity index (χ0) is 12.7. The fraction of sp³-hybridized carbons (Fsp3) is 0.308. The number of pyridine rings is 1. The monoisotopic (exact) mass is 326 g/mol. The molecule has 0 bridgehead atoms. The van der Waals surface area contributed by atoms with Crippen molar-refractivity contribution in [2.75, 3.05) is 19.0 Å². The Morgan fingerprint density at radius 2 is 2.28 bits per heavy atom. The Morgan fingerprint density at radius 3 is 3.06 bits per heavy atom. The molecule has 0 aliphatic carbocycles. The van der Waals surface area contributed by atoms with E-state index in [0.29, 0.717) is 11.6 Å². The summed E-state index contributed by atoms with van der Waals surface area (Å²) in [4.78, 5) is 4.69. The molecule has 0 amide bonds. The highest BCUT2D eigenvalue weighted by atomic mass is 79.9. The summed E-state index contributed by atoms with van der Waals surface area (Å²) in [6.45, 7) is 1.33. The molecule has 0 saturated carbocycles. The lowest BCUT2D eigenvalue weighted by molar-refractivity contribution is 0.110. The average Bonchev–Trinajstić information content (AvgIpc) is 2.36. The summed E-state index contributed by atoms with van der Waals surface area (Å²) in [5, 5.41) is 4.95. The molecule has 0 unspecified atom stereocenters. The van der Waals surface area contributed by atoms with Gasteiger partial charge in [-0.25, -0.2) is 0 Å². The largest absolute Gasteiger partial charge is 0.387 e. The van der Waals surface area contributed by atoms with Crippen LogP contribution in [-0.2, 0) is 17.8 Å². The van der Waals surface area contributed by atoms with E-state index in [0.717, 1.165) is 45.3 Å². The molecule has 1 aromatic heterocycles. The van der Waals surface area contributed by atoms with Crippen LogP contribution in [0.5, 0.6) is 0 Å². The topological polar surface area (TPSA) is 34.2 Å². The first-order valence-corrected chi connectivity index (χ1v) is 6.94. The van der Waals surface area contributed by atoms with Crippen LogP contribution in [0.4, 0.5) is 5.69 Å². The zero-order valence-electron chi connectivity index (χ0n) is 9.89. The number of aromatic nitrogens is 1. The van der Waals surface area contributed by atoms with E-state index in [1.54, 1.807) is 0 Å². The van der Waals surface area contributed by atoms with Crippen LogP contribution in [0.3, 0.4) is 0 Å². The summed E-state index contributed by atoms with van der Waals surface area (Å²) in [6, 6.07) is 3.91. The maximum atomic E-state index is 6.28. The van der Waals surface area contributed by atoms with Crippen molar-refractivity contribution >= 4 is 44.1 Å². The predicted octanol–water partition coefficient (Wildman–Crippen LogP) is 3.77. The third-order valence-corrected chi connectivity index (χ3v) is 3.92. The van der Waals surface area contributed by atoms with E-state index in [2.05, 4.69) is 21.2 Å². The number of ether oxygens (including phenoxy) is 1. The number of benzene rings is 1. The summed E-state index contributed by atoms with van der Waals surface area (Å²) >= 11 is 9.75. The minimum Gasteiger partial charge on any atom is -0.387 e. The summed E-state index contributed by atoms with van der Waals surface area (Å²) < 4.78 is 6.48. The number of fused-ring (bicyclic) bond motifs is 2. The smallest absolute Gasteiger partial charge is 0.0913 e. The van der Waals surface area contributed by atoms with E-state index in [-0.39, 0.29) is 0 Å². The van der Waals surface area contributed by atoms with Gasteiger partial charge in [0.05, 0.1) is 35.1 Å². The number of nitrogens with one attached hydrogen (secondary N) is 1. The van der Waals surface area contributed by atoms with Crippen LogP contribution in [0, 0.1) is 0 Å². The van der Waals surface area contributed by atoms with Gasteiger partial charge in [-0.05, 0) is 12.1 Å². The molecule has 1 aliphatic rings. The molecular weight excluding hydrogens is 316 g/mol. The summed E-state index contributed by atoms with van der Waals surface area (Å²) in [5.41, 5.74) is 4.15. The van der Waals surface area contributed by atoms with Gasteiger partial charge < -0.3 is 10.1 Å². The zero-order valence-corrected chi connectivity index (χ0v) is 12.2. The SMILES string of the molecule is CNc1c2c(nc3c(Cl)cc(Br)cc13)CCOC2. The highest BCUT2D eigenvalue weighted by Crippen LogP contribution is 2.36. The minimum atomic E-state index is 0.610. The number of halogens is 2. The van der Waals surface area contributed by atoms with Crippen LogP contribution in [0.15, 0.2) is 16.6 Å². The van der Waals surface area contributed by atoms with Gasteiger partial charge in [-0.15, -0.1) is 0 Å². The average molecular weight is 328 g/mol. The second kappa shape index (κ2) is 4.68. The van der Waals surface area contributed by atoms with Crippen LogP contribution >= 0.6 is 27.5 Å². The Bertz CT molecular complexity index is 630. The maximum absolute atomic E-state index is 6.28. The molecule has 2 heterocycles. The Balaban J connectivity index is 2.40. The first kappa shape index (κ1) is 12.2. The molecule has 18 heavy (non-hydrogen) atoms. The van der Waals surface area contributed by atoms with Gasteiger partial charge in [0, 0.05) is 28.9 Å². The lowest BCUT2D eigenvalue weighted by atomic mass is 10.0. The Morgan fingerprint density at radius 1 is 1.44 bits per heavy atom. The molecular formula is C13H12BrClN2O. The molecule has 1 aliphatic heterocycles. The highest BCUT2D eigenvalue weighted by Gasteiger charge is 2.19. The normalized spacial score (nSPS) is 14.6. The summed E-state index contributed by atoms with van der Waals surface area (Å²) in [5.74, 6) is 0. The first-order valence-electron chi connectivity index (χ1n) is 5.76. The first-order chi connectivity index (χ1) is 8.70. The maximum Gasteiger partial charge on any atom is 0.0913 e. The molecule has 0 fully saturated rings. The molecule has 2 aromatic rings. The molecule has 0 atom stereocenters. The number of hydrogen-bond donors (Lipinski definition) is 1. The van der Waals surface area contributed by atoms with Crippen molar-refractivity contribution < 1.29 is 4.74 Å². The lowest BCUT2D eigenvalue weighted by Gasteiger charge is -2.21. The molecule has 3 rings (SSSR count). The van der Waals surface area contributed by atoms with Crippen LogP contribution in [-0.4, -0.2) is 18.6 Å². The number of rotatable bonds is 1. The summed E-state index contributed by atoms with van der Waals surface area (Å²) in [7, 11) is 1.92. The van der Waals surface area contributed by atoms with Crippen LogP contribution in [0.25, 0.3) is 10.9 Å². The molecule has 0 radical (unpaired) electrons. The molecule has 1 aromatic carbocycles. The number of nitrogens with zero attached hydrogens (tertiary/aromatic N) is 1. The summed E-state index contributed by atoms with van der Waals surface area (Å²) in [6.07, 6.45) is 0.840. The van der Waals surface area contributed by atoms with Crippen LogP contribution < -0.4 is 5.32 Å². The van der Waals surface area contributed by atoms with E-state index in [9.17, 15) is 0 Å². The molecule has 5 heteroatoms. The molecule has 1 N–H and O–H groups in total. The minimum absolute atomic E-state index is 0.610. The molecule has 94 valence electrons. The van der Waals surface area contributed by atoms with Gasteiger partial charge in [-0.3, -0.25) is 4.98 Å². The van der Waals surface area contributed by atoms with E-state index in [1.807, 2.05) is 19.2 Å². The van der Waals surface area contributed by atoms with Gasteiger partial charge in [0.2, 0.25) is 0 Å². The predicted molar refractivity (Wildman–Crippen MR) is 77.4 cm³/mol. The number of anilines is 1. The van der Waals surface area contributed by atoms with Gasteiger partial charge in [-0.1, -0.05) is 27.5 Å². The van der Waals surface area contributed by atoms with Gasteiger partial charge >= 0.3 is 0 Å². The second-order valence-corrected chi connectivity index (χ2v) is 5.57. The Labute approximate surface area is 119 Å². The fourth-order valence-corrected chi connectivity index (χ4v) is 3.22. The van der Waals surface area contributed by atoms with E-state index in [4.69, 9.17) is 21.3 Å². The molecule has 3 nitrogen and oxygen atoms in total. The van der Waals surface area contributed by atoms with Gasteiger partial charge in [-0.2, -0.15) is 0 Å². The van der Waals surface area contributed by atoms with Crippen molar-refractivity contribution in [3.8, 4) is 0 Å². The van der Waals surface area contributed by atoms with Gasteiger partial charge in [0.1, 0.15) is 0 Å². The van der Waals surface area contributed by atoms with E-state index < -0.39 is 0 Å². The third kappa shape index (κ3) is 1.88. The Kier molecular flexibility index (Phi) is 3.18. The van der Waals surface area contributed by atoms with Gasteiger partial charge in [0.15, 0.2) is 0 Å². The fourth-order valence-electron chi connectivity index (χ4n) is 2.37. The standard InChI is InChI=1S/C13H12BrClN2O/c1-16-12-8-4-7(14)5-10(15)13(8)17-11-2-3-18-6-9(11)12/h4-5H,2-3,6H2,1H3,(H,16,17). The van der Waals surface area contributed by atoms with Crippen molar-refractivity contribution in [2.24, 2.45) is 0 Å². The third-order valence-electron chi connectivity index (χ3n) is 3.17.